The molecule has 4 rings (SSSR count). The van der Waals surface area contributed by atoms with E-state index in [0.29, 0.717) is 23.6 Å². The Labute approximate surface area is 154 Å². The van der Waals surface area contributed by atoms with Gasteiger partial charge in [-0.1, -0.05) is 18.2 Å². The Hall–Kier alpha value is -3.67. The lowest BCUT2D eigenvalue weighted by atomic mass is 10.1. The van der Waals surface area contributed by atoms with Crippen LogP contribution in [0.4, 0.5) is 4.39 Å². The topological polar surface area (TPSA) is 70.9 Å². The van der Waals surface area contributed by atoms with Gasteiger partial charge in [0.25, 0.3) is 5.91 Å². The summed E-state index contributed by atoms with van der Waals surface area (Å²) in [4.78, 5) is 12.4. The minimum atomic E-state index is -0.292. The molecular weight excluding hydrogens is 345 g/mol. The number of aromatic nitrogens is 2. The SMILES string of the molecule is O=C(NCc1ccco1)c1ccc2[nH]nc(C=Cc3cccc(F)c3)c2c1. The minimum absolute atomic E-state index is 0.199. The van der Waals surface area contributed by atoms with Crippen LogP contribution < -0.4 is 5.32 Å². The summed E-state index contributed by atoms with van der Waals surface area (Å²) >= 11 is 0. The van der Waals surface area contributed by atoms with Crippen molar-refractivity contribution in [2.45, 2.75) is 6.54 Å². The predicted molar refractivity (Wildman–Crippen MR) is 101 cm³/mol. The fourth-order valence-electron chi connectivity index (χ4n) is 2.77. The first-order valence-electron chi connectivity index (χ1n) is 8.41. The molecule has 0 saturated heterocycles. The Morgan fingerprint density at radius 2 is 2.07 bits per heavy atom. The number of hydrogen-bond acceptors (Lipinski definition) is 3. The van der Waals surface area contributed by atoms with Gasteiger partial charge < -0.3 is 9.73 Å². The van der Waals surface area contributed by atoms with Crippen LogP contribution in [0.25, 0.3) is 23.1 Å². The molecular formula is C21H16FN3O2. The smallest absolute Gasteiger partial charge is 0.251 e. The maximum absolute atomic E-state index is 13.3. The molecule has 0 saturated carbocycles. The Morgan fingerprint density at radius 1 is 1.15 bits per heavy atom. The quantitative estimate of drug-likeness (QED) is 0.554. The second-order valence-corrected chi connectivity index (χ2v) is 6.02. The molecule has 4 aromatic rings. The molecule has 134 valence electrons. The zero-order valence-corrected chi connectivity index (χ0v) is 14.3. The van der Waals surface area contributed by atoms with Gasteiger partial charge in [0.15, 0.2) is 0 Å². The highest BCUT2D eigenvalue weighted by Crippen LogP contribution is 2.20. The molecule has 5 nitrogen and oxygen atoms in total. The van der Waals surface area contributed by atoms with Gasteiger partial charge in [-0.15, -0.1) is 0 Å². The van der Waals surface area contributed by atoms with Crippen LogP contribution in [0.3, 0.4) is 0 Å². The Kier molecular flexibility index (Phi) is 4.53. The molecule has 0 aliphatic rings. The highest BCUT2D eigenvalue weighted by Gasteiger charge is 2.10. The Bertz CT molecular complexity index is 1110. The third-order valence-corrected chi connectivity index (χ3v) is 4.14. The maximum Gasteiger partial charge on any atom is 0.251 e. The lowest BCUT2D eigenvalue weighted by molar-refractivity contribution is 0.0948. The lowest BCUT2D eigenvalue weighted by Crippen LogP contribution is -2.22. The second-order valence-electron chi connectivity index (χ2n) is 6.02. The van der Waals surface area contributed by atoms with Gasteiger partial charge in [0.1, 0.15) is 11.6 Å². The van der Waals surface area contributed by atoms with Crippen LogP contribution in [-0.2, 0) is 6.54 Å². The number of nitrogens with zero attached hydrogens (tertiary/aromatic N) is 1. The van der Waals surface area contributed by atoms with Crippen molar-refractivity contribution in [1.29, 1.82) is 0 Å². The van der Waals surface area contributed by atoms with E-state index < -0.39 is 0 Å². The number of carbonyl (C=O) groups is 1. The van der Waals surface area contributed by atoms with Crippen LogP contribution in [0.1, 0.15) is 27.4 Å². The Morgan fingerprint density at radius 3 is 2.89 bits per heavy atom. The summed E-state index contributed by atoms with van der Waals surface area (Å²) < 4.78 is 18.5. The van der Waals surface area contributed by atoms with Crippen molar-refractivity contribution < 1.29 is 13.6 Å². The molecule has 0 aliphatic carbocycles. The van der Waals surface area contributed by atoms with Gasteiger partial charge in [-0.3, -0.25) is 9.89 Å². The van der Waals surface area contributed by atoms with E-state index in [1.54, 1.807) is 48.7 Å². The summed E-state index contributed by atoms with van der Waals surface area (Å²) in [6.45, 7) is 0.321. The van der Waals surface area contributed by atoms with Gasteiger partial charge in [0, 0.05) is 10.9 Å². The van der Waals surface area contributed by atoms with Gasteiger partial charge in [-0.25, -0.2) is 4.39 Å². The third kappa shape index (κ3) is 3.79. The standard InChI is InChI=1S/C21H16FN3O2/c22-16-4-1-3-14(11-16)6-8-19-18-12-15(7-9-20(18)25-24-19)21(26)23-13-17-5-2-10-27-17/h1-12H,13H2,(H,23,26)(H,24,25). The van der Waals surface area contributed by atoms with Crippen molar-refractivity contribution in [3.05, 3.63) is 89.3 Å². The number of nitrogens with one attached hydrogen (secondary N) is 2. The molecule has 0 spiro atoms. The van der Waals surface area contributed by atoms with E-state index in [4.69, 9.17) is 4.42 Å². The van der Waals surface area contributed by atoms with Gasteiger partial charge in [-0.2, -0.15) is 5.10 Å². The average Bonchev–Trinajstić information content (AvgIpc) is 3.34. The molecule has 0 bridgehead atoms. The second kappa shape index (κ2) is 7.29. The molecule has 0 aliphatic heterocycles. The number of fused-ring (bicyclic) bond motifs is 1. The largest absolute Gasteiger partial charge is 0.467 e. The number of hydrogen-bond donors (Lipinski definition) is 2. The number of furan rings is 1. The number of carbonyl (C=O) groups excluding carboxylic acids is 1. The third-order valence-electron chi connectivity index (χ3n) is 4.14. The lowest BCUT2D eigenvalue weighted by Gasteiger charge is -2.03. The molecule has 2 aromatic heterocycles. The summed E-state index contributed by atoms with van der Waals surface area (Å²) in [6.07, 6.45) is 5.14. The summed E-state index contributed by atoms with van der Waals surface area (Å²) in [5.74, 6) is 0.195. The van der Waals surface area contributed by atoms with Crippen molar-refractivity contribution in [3.8, 4) is 0 Å². The highest BCUT2D eigenvalue weighted by molar-refractivity contribution is 5.99. The van der Waals surface area contributed by atoms with Crippen LogP contribution in [0.2, 0.25) is 0 Å². The molecule has 0 unspecified atom stereocenters. The number of halogens is 1. The highest BCUT2D eigenvalue weighted by atomic mass is 19.1. The Balaban J connectivity index is 1.56. The summed E-state index contributed by atoms with van der Waals surface area (Å²) in [5.41, 5.74) is 2.75. The van der Waals surface area contributed by atoms with Crippen molar-refractivity contribution in [1.82, 2.24) is 15.5 Å². The van der Waals surface area contributed by atoms with Crippen LogP contribution in [0.15, 0.2) is 65.3 Å². The minimum Gasteiger partial charge on any atom is -0.467 e. The van der Waals surface area contributed by atoms with Crippen molar-refractivity contribution in [3.63, 3.8) is 0 Å². The molecule has 0 fully saturated rings. The van der Waals surface area contributed by atoms with Gasteiger partial charge in [0.05, 0.1) is 24.0 Å². The molecule has 2 heterocycles. The van der Waals surface area contributed by atoms with Crippen molar-refractivity contribution >= 4 is 29.0 Å². The van der Waals surface area contributed by atoms with Gasteiger partial charge in [0.2, 0.25) is 0 Å². The van der Waals surface area contributed by atoms with Gasteiger partial charge >= 0.3 is 0 Å². The fourth-order valence-corrected chi connectivity index (χ4v) is 2.77. The molecule has 6 heteroatoms. The number of rotatable bonds is 5. The van der Waals surface area contributed by atoms with Crippen molar-refractivity contribution in [2.75, 3.05) is 0 Å². The zero-order chi connectivity index (χ0) is 18.6. The molecule has 0 radical (unpaired) electrons. The molecule has 1 amide bonds. The first-order valence-corrected chi connectivity index (χ1v) is 8.41. The van der Waals surface area contributed by atoms with Crippen LogP contribution in [0, 0.1) is 5.82 Å². The first-order chi connectivity index (χ1) is 13.2. The van der Waals surface area contributed by atoms with E-state index in [1.165, 1.54) is 12.1 Å². The van der Waals surface area contributed by atoms with Crippen molar-refractivity contribution in [2.24, 2.45) is 0 Å². The normalized spacial score (nSPS) is 11.3. The molecule has 27 heavy (non-hydrogen) atoms. The number of benzene rings is 2. The van der Waals surface area contributed by atoms with E-state index in [2.05, 4.69) is 15.5 Å². The fraction of sp³-hybridized carbons (Fsp3) is 0.0476. The van der Waals surface area contributed by atoms with Crippen LogP contribution >= 0.6 is 0 Å². The van der Waals surface area contributed by atoms with Crippen LogP contribution in [0.5, 0.6) is 0 Å². The van der Waals surface area contributed by atoms with E-state index in [1.807, 2.05) is 12.1 Å². The average molecular weight is 361 g/mol. The first kappa shape index (κ1) is 16.8. The summed E-state index contributed by atoms with van der Waals surface area (Å²) in [5, 5.41) is 10.8. The number of H-pyrrole nitrogens is 1. The van der Waals surface area contributed by atoms with Crippen LogP contribution in [-0.4, -0.2) is 16.1 Å². The maximum atomic E-state index is 13.3. The molecule has 2 aromatic carbocycles. The number of aromatic amines is 1. The molecule has 2 N–H and O–H groups in total. The van der Waals surface area contributed by atoms with E-state index in [-0.39, 0.29) is 11.7 Å². The van der Waals surface area contributed by atoms with E-state index in [0.717, 1.165) is 16.5 Å². The van der Waals surface area contributed by atoms with E-state index >= 15 is 0 Å². The zero-order valence-electron chi connectivity index (χ0n) is 14.3. The number of amides is 1. The predicted octanol–water partition coefficient (Wildman–Crippen LogP) is 4.40. The summed E-state index contributed by atoms with van der Waals surface area (Å²) in [6, 6.07) is 15.2. The van der Waals surface area contributed by atoms with E-state index in [9.17, 15) is 9.18 Å². The molecule has 0 atom stereocenters. The monoisotopic (exact) mass is 361 g/mol. The van der Waals surface area contributed by atoms with Gasteiger partial charge in [-0.05, 0) is 54.1 Å². The summed E-state index contributed by atoms with van der Waals surface area (Å²) in [7, 11) is 0.